The van der Waals surface area contributed by atoms with E-state index in [1.54, 1.807) is 30.3 Å². The zero-order chi connectivity index (χ0) is 19.8. The Hall–Kier alpha value is -4.00. The molecule has 138 valence electrons. The number of ketones is 2. The van der Waals surface area contributed by atoms with Gasteiger partial charge >= 0.3 is 0 Å². The minimum atomic E-state index is -0.591. The third-order valence-corrected chi connectivity index (χ3v) is 4.62. The van der Waals surface area contributed by atoms with E-state index in [0.29, 0.717) is 17.1 Å². The van der Waals surface area contributed by atoms with Crippen molar-refractivity contribution >= 4 is 28.6 Å². The van der Waals surface area contributed by atoms with Crippen LogP contribution in [0.25, 0.3) is 0 Å². The van der Waals surface area contributed by atoms with Crippen molar-refractivity contribution in [2.75, 3.05) is 12.4 Å². The Morgan fingerprint density at radius 2 is 1.61 bits per heavy atom. The van der Waals surface area contributed by atoms with Gasteiger partial charge in [-0.05, 0) is 24.3 Å². The lowest BCUT2D eigenvalue weighted by atomic mass is 9.83. The average Bonchev–Trinajstić information content (AvgIpc) is 2.72. The first-order chi connectivity index (χ1) is 13.5. The van der Waals surface area contributed by atoms with Crippen LogP contribution in [0.3, 0.4) is 0 Å². The van der Waals surface area contributed by atoms with Crippen molar-refractivity contribution in [3.63, 3.8) is 0 Å². The van der Waals surface area contributed by atoms with Crippen molar-refractivity contribution in [3.8, 4) is 5.75 Å². The van der Waals surface area contributed by atoms with Crippen LogP contribution in [0, 0.1) is 10.1 Å². The average molecular weight is 374 g/mol. The molecule has 0 atom stereocenters. The predicted molar refractivity (Wildman–Crippen MR) is 103 cm³/mol. The van der Waals surface area contributed by atoms with E-state index in [0.717, 1.165) is 6.07 Å². The fourth-order valence-electron chi connectivity index (χ4n) is 3.29. The number of methoxy groups -OCH3 is 1. The van der Waals surface area contributed by atoms with Crippen molar-refractivity contribution < 1.29 is 19.2 Å². The third-order valence-electron chi connectivity index (χ3n) is 4.62. The number of carbonyl (C=O) groups is 2. The van der Waals surface area contributed by atoms with Crippen LogP contribution in [0.1, 0.15) is 31.8 Å². The molecule has 0 aliphatic heterocycles. The Morgan fingerprint density at radius 1 is 0.857 bits per heavy atom. The SMILES string of the molecule is COc1ccccc1Nc1cccc2c1C(=O)c1cc([N+](=O)[O-])ccc1C2=O. The van der Waals surface area contributed by atoms with Crippen molar-refractivity contribution in [2.45, 2.75) is 0 Å². The van der Waals surface area contributed by atoms with Gasteiger partial charge in [0.15, 0.2) is 11.6 Å². The highest BCUT2D eigenvalue weighted by Gasteiger charge is 2.33. The van der Waals surface area contributed by atoms with E-state index in [9.17, 15) is 19.7 Å². The molecule has 0 amide bonds. The summed E-state index contributed by atoms with van der Waals surface area (Å²) in [4.78, 5) is 36.5. The van der Waals surface area contributed by atoms with Crippen LogP contribution in [-0.2, 0) is 0 Å². The molecule has 0 radical (unpaired) electrons. The van der Waals surface area contributed by atoms with Gasteiger partial charge < -0.3 is 10.1 Å². The Kier molecular flexibility index (Phi) is 4.12. The molecule has 0 saturated heterocycles. The molecule has 7 nitrogen and oxygen atoms in total. The molecule has 3 aromatic carbocycles. The number of ether oxygens (including phenoxy) is 1. The summed E-state index contributed by atoms with van der Waals surface area (Å²) >= 11 is 0. The van der Waals surface area contributed by atoms with Crippen molar-refractivity contribution in [1.29, 1.82) is 0 Å². The maximum atomic E-state index is 13.1. The van der Waals surface area contributed by atoms with Crippen LogP contribution in [0.2, 0.25) is 0 Å². The summed E-state index contributed by atoms with van der Waals surface area (Å²) in [5, 5.41) is 14.2. The summed E-state index contributed by atoms with van der Waals surface area (Å²) in [6.07, 6.45) is 0. The minimum absolute atomic E-state index is 0.0287. The van der Waals surface area contributed by atoms with E-state index in [4.69, 9.17) is 4.74 Å². The first-order valence-electron chi connectivity index (χ1n) is 8.42. The van der Waals surface area contributed by atoms with Gasteiger partial charge in [-0.25, -0.2) is 0 Å². The van der Waals surface area contributed by atoms with E-state index in [1.807, 2.05) is 12.1 Å². The molecule has 1 aliphatic carbocycles. The number of para-hydroxylation sites is 2. The smallest absolute Gasteiger partial charge is 0.270 e. The Bertz CT molecular complexity index is 1150. The van der Waals surface area contributed by atoms with Gasteiger partial charge in [-0.1, -0.05) is 24.3 Å². The number of anilines is 2. The lowest BCUT2D eigenvalue weighted by Crippen LogP contribution is -2.22. The largest absolute Gasteiger partial charge is 0.495 e. The van der Waals surface area contributed by atoms with Gasteiger partial charge in [-0.2, -0.15) is 0 Å². The van der Waals surface area contributed by atoms with E-state index >= 15 is 0 Å². The number of carbonyl (C=O) groups excluding carboxylic acids is 2. The Morgan fingerprint density at radius 3 is 2.36 bits per heavy atom. The lowest BCUT2D eigenvalue weighted by Gasteiger charge is -2.21. The highest BCUT2D eigenvalue weighted by molar-refractivity contribution is 6.30. The molecular weight excluding hydrogens is 360 g/mol. The van der Waals surface area contributed by atoms with E-state index in [-0.39, 0.29) is 33.7 Å². The highest BCUT2D eigenvalue weighted by Crippen LogP contribution is 2.36. The van der Waals surface area contributed by atoms with E-state index < -0.39 is 10.7 Å². The molecule has 0 unspecified atom stereocenters. The second-order valence-corrected chi connectivity index (χ2v) is 6.20. The molecule has 28 heavy (non-hydrogen) atoms. The van der Waals surface area contributed by atoms with Gasteiger partial charge in [0.05, 0.1) is 29.0 Å². The van der Waals surface area contributed by atoms with Crippen LogP contribution in [-0.4, -0.2) is 23.6 Å². The van der Waals surface area contributed by atoms with Crippen molar-refractivity contribution in [2.24, 2.45) is 0 Å². The number of nitrogens with zero attached hydrogens (tertiary/aromatic N) is 1. The zero-order valence-corrected chi connectivity index (χ0v) is 14.8. The van der Waals surface area contributed by atoms with Gasteiger partial charge in [0.2, 0.25) is 0 Å². The maximum Gasteiger partial charge on any atom is 0.270 e. The first-order valence-corrected chi connectivity index (χ1v) is 8.42. The number of nitro groups is 1. The molecule has 0 heterocycles. The van der Waals surface area contributed by atoms with Crippen LogP contribution < -0.4 is 10.1 Å². The molecule has 7 heteroatoms. The standard InChI is InChI=1S/C21H14N2O5/c1-28-18-8-3-2-6-16(18)22-17-7-4-5-14-19(17)21(25)15-11-12(23(26)27)9-10-13(15)20(14)24/h2-11,22H,1H3. The topological polar surface area (TPSA) is 98.5 Å². The highest BCUT2D eigenvalue weighted by atomic mass is 16.6. The monoisotopic (exact) mass is 374 g/mol. The second kappa shape index (κ2) is 6.62. The molecule has 0 fully saturated rings. The summed E-state index contributed by atoms with van der Waals surface area (Å²) in [5.74, 6) is -0.208. The number of non-ortho nitro benzene ring substituents is 1. The molecule has 0 aromatic heterocycles. The van der Waals surface area contributed by atoms with Crippen LogP contribution in [0.5, 0.6) is 5.75 Å². The number of rotatable bonds is 4. The quantitative estimate of drug-likeness (QED) is 0.426. The van der Waals surface area contributed by atoms with Crippen molar-refractivity contribution in [3.05, 3.63) is 93.0 Å². The summed E-state index contributed by atoms with van der Waals surface area (Å²) in [7, 11) is 1.53. The van der Waals surface area contributed by atoms with Crippen LogP contribution in [0.15, 0.2) is 60.7 Å². The van der Waals surface area contributed by atoms with Gasteiger partial charge in [-0.15, -0.1) is 0 Å². The minimum Gasteiger partial charge on any atom is -0.495 e. The lowest BCUT2D eigenvalue weighted by molar-refractivity contribution is -0.384. The van der Waals surface area contributed by atoms with Crippen molar-refractivity contribution in [1.82, 2.24) is 0 Å². The zero-order valence-electron chi connectivity index (χ0n) is 14.8. The second-order valence-electron chi connectivity index (χ2n) is 6.20. The predicted octanol–water partition coefficient (Wildman–Crippen LogP) is 4.12. The normalized spacial score (nSPS) is 12.2. The summed E-state index contributed by atoms with van der Waals surface area (Å²) in [5.41, 5.74) is 1.45. The summed E-state index contributed by atoms with van der Waals surface area (Å²) in [6.45, 7) is 0. The van der Waals surface area contributed by atoms with Gasteiger partial charge in [-0.3, -0.25) is 19.7 Å². The number of nitrogens with one attached hydrogen (secondary N) is 1. The molecule has 0 spiro atoms. The molecule has 0 saturated carbocycles. The van der Waals surface area contributed by atoms with E-state index in [1.165, 1.54) is 19.2 Å². The molecule has 0 bridgehead atoms. The first kappa shape index (κ1) is 17.4. The fourth-order valence-corrected chi connectivity index (χ4v) is 3.29. The molecule has 3 aromatic rings. The number of benzene rings is 3. The van der Waals surface area contributed by atoms with Crippen LogP contribution in [0.4, 0.5) is 17.1 Å². The number of hydrogen-bond acceptors (Lipinski definition) is 6. The third kappa shape index (κ3) is 2.69. The number of nitro benzene ring substituents is 1. The number of hydrogen-bond donors (Lipinski definition) is 1. The van der Waals surface area contributed by atoms with Gasteiger partial charge in [0, 0.05) is 28.8 Å². The van der Waals surface area contributed by atoms with Crippen LogP contribution >= 0.6 is 0 Å². The molecular formula is C21H14N2O5. The molecule has 1 N–H and O–H groups in total. The summed E-state index contributed by atoms with van der Waals surface area (Å²) in [6, 6.07) is 15.8. The fraction of sp³-hybridized carbons (Fsp3) is 0.0476. The Balaban J connectivity index is 1.85. The van der Waals surface area contributed by atoms with Gasteiger partial charge in [0.1, 0.15) is 5.75 Å². The van der Waals surface area contributed by atoms with E-state index in [2.05, 4.69) is 5.32 Å². The molecule has 4 rings (SSSR count). The summed E-state index contributed by atoms with van der Waals surface area (Å²) < 4.78 is 5.32. The molecule has 1 aliphatic rings. The van der Waals surface area contributed by atoms with Gasteiger partial charge in [0.25, 0.3) is 5.69 Å². The number of fused-ring (bicyclic) bond motifs is 2. The maximum absolute atomic E-state index is 13.1. The Labute approximate surface area is 159 Å².